The molecule has 1 aliphatic carbocycles. The van der Waals surface area contributed by atoms with Gasteiger partial charge in [-0.15, -0.1) is 0 Å². The third kappa shape index (κ3) is 4.12. The fraction of sp³-hybridized carbons (Fsp3) is 1.00. The Morgan fingerprint density at radius 3 is 2.33 bits per heavy atom. The average Bonchev–Trinajstić information content (AvgIpc) is 2.64. The molecule has 0 atom stereocenters. The highest BCUT2D eigenvalue weighted by molar-refractivity contribution is 4.87. The summed E-state index contributed by atoms with van der Waals surface area (Å²) in [6, 6.07) is 0. The summed E-state index contributed by atoms with van der Waals surface area (Å²) in [5.74, 6) is 0.810. The van der Waals surface area contributed by atoms with Gasteiger partial charge in [-0.05, 0) is 50.7 Å². The van der Waals surface area contributed by atoms with Gasteiger partial charge in [-0.3, -0.25) is 0 Å². The van der Waals surface area contributed by atoms with Crippen LogP contribution in [0.1, 0.15) is 46.0 Å². The molecule has 1 saturated carbocycles. The van der Waals surface area contributed by atoms with E-state index in [1.165, 1.54) is 45.2 Å². The molecule has 0 heterocycles. The van der Waals surface area contributed by atoms with E-state index in [1.54, 1.807) is 0 Å². The van der Waals surface area contributed by atoms with Gasteiger partial charge in [0, 0.05) is 6.54 Å². The zero-order chi connectivity index (χ0) is 11.3. The van der Waals surface area contributed by atoms with Crippen molar-refractivity contribution in [2.75, 3.05) is 26.7 Å². The van der Waals surface area contributed by atoms with Gasteiger partial charge in [0.1, 0.15) is 0 Å². The molecular formula is C13H28N2. The molecule has 1 fully saturated rings. The quantitative estimate of drug-likeness (QED) is 0.733. The summed E-state index contributed by atoms with van der Waals surface area (Å²) in [7, 11) is 2.25. The van der Waals surface area contributed by atoms with Crippen LogP contribution in [0.4, 0.5) is 0 Å². The molecule has 15 heavy (non-hydrogen) atoms. The van der Waals surface area contributed by atoms with E-state index in [1.807, 2.05) is 0 Å². The molecule has 2 N–H and O–H groups in total. The van der Waals surface area contributed by atoms with Crippen molar-refractivity contribution in [3.8, 4) is 0 Å². The van der Waals surface area contributed by atoms with Crippen molar-refractivity contribution in [2.24, 2.45) is 17.1 Å². The van der Waals surface area contributed by atoms with Gasteiger partial charge in [0.25, 0.3) is 0 Å². The summed E-state index contributed by atoms with van der Waals surface area (Å²) in [6.45, 7) is 7.89. The van der Waals surface area contributed by atoms with E-state index < -0.39 is 0 Å². The zero-order valence-corrected chi connectivity index (χ0v) is 10.8. The van der Waals surface area contributed by atoms with Crippen molar-refractivity contribution in [1.82, 2.24) is 4.90 Å². The fourth-order valence-electron chi connectivity index (χ4n) is 2.68. The van der Waals surface area contributed by atoms with E-state index in [9.17, 15) is 0 Å². The van der Waals surface area contributed by atoms with Crippen LogP contribution in [0.25, 0.3) is 0 Å². The highest BCUT2D eigenvalue weighted by Crippen LogP contribution is 2.37. The average molecular weight is 212 g/mol. The van der Waals surface area contributed by atoms with Crippen LogP contribution in [0.15, 0.2) is 0 Å². The molecule has 0 spiro atoms. The first kappa shape index (κ1) is 13.0. The van der Waals surface area contributed by atoms with E-state index in [2.05, 4.69) is 25.8 Å². The molecule has 1 rings (SSSR count). The molecule has 1 aliphatic rings. The number of nitrogens with zero attached hydrogens (tertiary/aromatic N) is 1. The second kappa shape index (κ2) is 5.86. The Morgan fingerprint density at radius 2 is 1.87 bits per heavy atom. The number of nitrogens with two attached hydrogens (primary N) is 1. The van der Waals surface area contributed by atoms with Crippen molar-refractivity contribution in [3.05, 3.63) is 0 Å². The van der Waals surface area contributed by atoms with Gasteiger partial charge in [-0.2, -0.15) is 0 Å². The van der Waals surface area contributed by atoms with Crippen LogP contribution in [0.5, 0.6) is 0 Å². The lowest BCUT2D eigenvalue weighted by atomic mass is 9.86. The molecule has 90 valence electrons. The molecule has 0 radical (unpaired) electrons. The highest BCUT2D eigenvalue weighted by Gasteiger charge is 2.33. The maximum atomic E-state index is 5.95. The minimum Gasteiger partial charge on any atom is -0.330 e. The van der Waals surface area contributed by atoms with Gasteiger partial charge < -0.3 is 10.6 Å². The minimum atomic E-state index is 0.450. The Balaban J connectivity index is 2.31. The SMILES string of the molecule is CC(C)CCN(C)CC1(CN)CCCC1. The summed E-state index contributed by atoms with van der Waals surface area (Å²) in [5.41, 5.74) is 6.40. The first-order valence-electron chi connectivity index (χ1n) is 6.47. The lowest BCUT2D eigenvalue weighted by Gasteiger charge is -2.32. The zero-order valence-electron chi connectivity index (χ0n) is 10.8. The smallest absolute Gasteiger partial charge is 0.00470 e. The Labute approximate surface area is 95.2 Å². The second-order valence-corrected chi connectivity index (χ2v) is 5.83. The van der Waals surface area contributed by atoms with Gasteiger partial charge in [-0.1, -0.05) is 26.7 Å². The predicted octanol–water partition coefficient (Wildman–Crippen LogP) is 2.48. The lowest BCUT2D eigenvalue weighted by Crippen LogP contribution is -2.39. The Kier molecular flexibility index (Phi) is 5.07. The summed E-state index contributed by atoms with van der Waals surface area (Å²) < 4.78 is 0. The van der Waals surface area contributed by atoms with Crippen LogP contribution in [0.3, 0.4) is 0 Å². The van der Waals surface area contributed by atoms with Crippen LogP contribution in [0, 0.1) is 11.3 Å². The number of hydrogen-bond donors (Lipinski definition) is 1. The van der Waals surface area contributed by atoms with Gasteiger partial charge in [0.15, 0.2) is 0 Å². The molecular weight excluding hydrogens is 184 g/mol. The van der Waals surface area contributed by atoms with E-state index in [4.69, 9.17) is 5.73 Å². The predicted molar refractivity (Wildman–Crippen MR) is 66.9 cm³/mol. The minimum absolute atomic E-state index is 0.450. The summed E-state index contributed by atoms with van der Waals surface area (Å²) in [5, 5.41) is 0. The number of hydrogen-bond acceptors (Lipinski definition) is 2. The van der Waals surface area contributed by atoms with Crippen LogP contribution >= 0.6 is 0 Å². The standard InChI is InChI=1S/C13H28N2/c1-12(2)6-9-15(3)11-13(10-14)7-4-5-8-13/h12H,4-11,14H2,1-3H3. The third-order valence-corrected chi connectivity index (χ3v) is 3.79. The first-order chi connectivity index (χ1) is 7.08. The third-order valence-electron chi connectivity index (χ3n) is 3.79. The van der Waals surface area contributed by atoms with Crippen LogP contribution in [0.2, 0.25) is 0 Å². The van der Waals surface area contributed by atoms with E-state index in [0.29, 0.717) is 5.41 Å². The topological polar surface area (TPSA) is 29.3 Å². The molecule has 0 saturated heterocycles. The maximum absolute atomic E-state index is 5.95. The molecule has 2 nitrogen and oxygen atoms in total. The second-order valence-electron chi connectivity index (χ2n) is 5.83. The molecule has 2 heteroatoms. The molecule has 0 aromatic heterocycles. The lowest BCUT2D eigenvalue weighted by molar-refractivity contribution is 0.178. The first-order valence-corrected chi connectivity index (χ1v) is 6.47. The maximum Gasteiger partial charge on any atom is 0.00470 e. The van der Waals surface area contributed by atoms with Crippen LogP contribution in [-0.2, 0) is 0 Å². The van der Waals surface area contributed by atoms with E-state index in [-0.39, 0.29) is 0 Å². The Hall–Kier alpha value is -0.0800. The molecule has 0 aromatic rings. The molecule has 0 bridgehead atoms. The molecule has 0 aromatic carbocycles. The van der Waals surface area contributed by atoms with Gasteiger partial charge in [-0.25, -0.2) is 0 Å². The Bertz CT molecular complexity index is 171. The van der Waals surface area contributed by atoms with Crippen molar-refractivity contribution in [3.63, 3.8) is 0 Å². The van der Waals surface area contributed by atoms with Crippen LogP contribution in [-0.4, -0.2) is 31.6 Å². The van der Waals surface area contributed by atoms with Crippen molar-refractivity contribution < 1.29 is 0 Å². The van der Waals surface area contributed by atoms with E-state index >= 15 is 0 Å². The number of rotatable bonds is 6. The van der Waals surface area contributed by atoms with Gasteiger partial charge in [0.05, 0.1) is 0 Å². The van der Waals surface area contributed by atoms with Crippen molar-refractivity contribution >= 4 is 0 Å². The van der Waals surface area contributed by atoms with Gasteiger partial charge >= 0.3 is 0 Å². The summed E-state index contributed by atoms with van der Waals surface area (Å²) in [4.78, 5) is 2.48. The van der Waals surface area contributed by atoms with Crippen molar-refractivity contribution in [1.29, 1.82) is 0 Å². The van der Waals surface area contributed by atoms with E-state index in [0.717, 1.165) is 12.5 Å². The van der Waals surface area contributed by atoms with Crippen LogP contribution < -0.4 is 5.73 Å². The normalized spacial score (nSPS) is 20.4. The molecule has 0 aliphatic heterocycles. The van der Waals surface area contributed by atoms with Crippen molar-refractivity contribution in [2.45, 2.75) is 46.0 Å². The monoisotopic (exact) mass is 212 g/mol. The Morgan fingerprint density at radius 1 is 1.27 bits per heavy atom. The highest BCUT2D eigenvalue weighted by atomic mass is 15.1. The molecule has 0 unspecified atom stereocenters. The van der Waals surface area contributed by atoms with Gasteiger partial charge in [0.2, 0.25) is 0 Å². The summed E-state index contributed by atoms with van der Waals surface area (Å²) >= 11 is 0. The largest absolute Gasteiger partial charge is 0.330 e. The molecule has 0 amide bonds. The summed E-state index contributed by atoms with van der Waals surface area (Å²) in [6.07, 6.45) is 6.76. The fourth-order valence-corrected chi connectivity index (χ4v) is 2.68.